The van der Waals surface area contributed by atoms with Crippen LogP contribution in [0.3, 0.4) is 0 Å². The van der Waals surface area contributed by atoms with E-state index in [1.807, 2.05) is 0 Å². The molecule has 1 aromatic heterocycles. The van der Waals surface area contributed by atoms with Crippen molar-refractivity contribution in [2.24, 2.45) is 5.73 Å². The summed E-state index contributed by atoms with van der Waals surface area (Å²) in [6, 6.07) is 1.43. The van der Waals surface area contributed by atoms with Crippen LogP contribution in [-0.2, 0) is 0 Å². The fourth-order valence-electron chi connectivity index (χ4n) is 0.851. The second-order valence-electron chi connectivity index (χ2n) is 2.45. The lowest BCUT2D eigenvalue weighted by molar-refractivity contribution is 0.0691. The number of nitrogens with two attached hydrogens (primary N) is 1. The topological polar surface area (TPSA) is 85.4 Å². The Kier molecular flexibility index (Phi) is 3.84. The lowest BCUT2D eigenvalue weighted by atomic mass is 10.3. The number of halogens is 1. The van der Waals surface area contributed by atoms with Gasteiger partial charge in [0, 0.05) is 17.2 Å². The Morgan fingerprint density at radius 1 is 1.71 bits per heavy atom. The van der Waals surface area contributed by atoms with Gasteiger partial charge in [-0.1, -0.05) is 0 Å². The maximum atomic E-state index is 10.8. The van der Waals surface area contributed by atoms with Crippen molar-refractivity contribution in [2.45, 2.75) is 0 Å². The number of rotatable bonds is 4. The molecule has 0 atom stereocenters. The average Bonchev–Trinajstić information content (AvgIpc) is 2.15. The van der Waals surface area contributed by atoms with Crippen molar-refractivity contribution >= 4 is 21.9 Å². The zero-order valence-electron chi connectivity index (χ0n) is 7.24. The molecule has 0 saturated carbocycles. The van der Waals surface area contributed by atoms with Gasteiger partial charge in [-0.05, 0) is 22.0 Å². The third-order valence-electron chi connectivity index (χ3n) is 1.40. The molecule has 0 spiro atoms. The monoisotopic (exact) mass is 260 g/mol. The fourth-order valence-corrected chi connectivity index (χ4v) is 1.18. The van der Waals surface area contributed by atoms with Crippen molar-refractivity contribution in [3.63, 3.8) is 0 Å². The number of carboxylic acids is 1. The predicted molar refractivity (Wildman–Crippen MR) is 53.4 cm³/mol. The Labute approximate surface area is 89.0 Å². The molecule has 0 aliphatic heterocycles. The number of nitrogens with zero attached hydrogens (tertiary/aromatic N) is 1. The molecular formula is C8H9BrN2O3. The highest BCUT2D eigenvalue weighted by molar-refractivity contribution is 9.10. The summed E-state index contributed by atoms with van der Waals surface area (Å²) in [5.41, 5.74) is 5.24. The van der Waals surface area contributed by atoms with Crippen molar-refractivity contribution in [3.05, 3.63) is 22.3 Å². The van der Waals surface area contributed by atoms with Gasteiger partial charge >= 0.3 is 5.97 Å². The van der Waals surface area contributed by atoms with Gasteiger partial charge in [0.15, 0.2) is 0 Å². The Bertz CT molecular complexity index is 343. The molecule has 6 heteroatoms. The molecule has 3 N–H and O–H groups in total. The average molecular weight is 261 g/mol. The van der Waals surface area contributed by atoms with Crippen molar-refractivity contribution < 1.29 is 14.6 Å². The van der Waals surface area contributed by atoms with E-state index in [9.17, 15) is 4.79 Å². The molecule has 0 saturated heterocycles. The molecule has 0 amide bonds. The van der Waals surface area contributed by atoms with Crippen LogP contribution >= 0.6 is 15.9 Å². The lowest BCUT2D eigenvalue weighted by Gasteiger charge is -2.06. The van der Waals surface area contributed by atoms with Crippen LogP contribution in [0.15, 0.2) is 16.7 Å². The van der Waals surface area contributed by atoms with Gasteiger partial charge in [-0.15, -0.1) is 0 Å². The summed E-state index contributed by atoms with van der Waals surface area (Å²) in [5, 5.41) is 8.82. The number of carbonyl (C=O) groups is 1. The number of aromatic nitrogens is 1. The van der Waals surface area contributed by atoms with Gasteiger partial charge in [-0.3, -0.25) is 0 Å². The van der Waals surface area contributed by atoms with E-state index in [4.69, 9.17) is 15.6 Å². The highest BCUT2D eigenvalue weighted by Crippen LogP contribution is 2.19. The van der Waals surface area contributed by atoms with Gasteiger partial charge in [0.25, 0.3) is 0 Å². The first-order valence-corrected chi connectivity index (χ1v) is 4.66. The molecule has 0 aliphatic rings. The smallest absolute Gasteiger partial charge is 0.341 e. The van der Waals surface area contributed by atoms with E-state index in [0.29, 0.717) is 11.0 Å². The molecule has 5 nitrogen and oxygen atoms in total. The molecule has 0 unspecified atom stereocenters. The van der Waals surface area contributed by atoms with E-state index in [2.05, 4.69) is 20.9 Å². The number of hydrogen-bond acceptors (Lipinski definition) is 4. The minimum Gasteiger partial charge on any atom is -0.477 e. The third-order valence-corrected chi connectivity index (χ3v) is 1.84. The van der Waals surface area contributed by atoms with Crippen molar-refractivity contribution in [3.8, 4) is 5.88 Å². The van der Waals surface area contributed by atoms with Gasteiger partial charge in [-0.25, -0.2) is 9.78 Å². The standard InChI is InChI=1S/C8H9BrN2O3/c9-5-3-6(8(12)13)7(11-4-5)14-2-1-10/h3-4H,1-2,10H2,(H,12,13). The van der Waals surface area contributed by atoms with Crippen molar-refractivity contribution in [2.75, 3.05) is 13.2 Å². The SMILES string of the molecule is NCCOc1ncc(Br)cc1C(=O)O. The Balaban J connectivity index is 2.96. The second kappa shape index (κ2) is 4.92. The summed E-state index contributed by atoms with van der Waals surface area (Å²) < 4.78 is 5.66. The van der Waals surface area contributed by atoms with Gasteiger partial charge in [0.1, 0.15) is 12.2 Å². The van der Waals surface area contributed by atoms with Crippen LogP contribution in [0.25, 0.3) is 0 Å². The largest absolute Gasteiger partial charge is 0.477 e. The van der Waals surface area contributed by atoms with Crippen molar-refractivity contribution in [1.29, 1.82) is 0 Å². The lowest BCUT2D eigenvalue weighted by Crippen LogP contribution is -2.13. The molecule has 0 aliphatic carbocycles. The molecule has 0 aromatic carbocycles. The molecule has 0 radical (unpaired) electrons. The number of ether oxygens (including phenoxy) is 1. The van der Waals surface area contributed by atoms with Gasteiger partial charge < -0.3 is 15.6 Å². The molecule has 1 heterocycles. The van der Waals surface area contributed by atoms with Crippen LogP contribution in [-0.4, -0.2) is 29.2 Å². The normalized spacial score (nSPS) is 9.86. The van der Waals surface area contributed by atoms with E-state index in [1.54, 1.807) is 0 Å². The molecule has 1 rings (SSSR count). The molecule has 14 heavy (non-hydrogen) atoms. The second-order valence-corrected chi connectivity index (χ2v) is 3.36. The van der Waals surface area contributed by atoms with E-state index in [0.717, 1.165) is 0 Å². The number of carboxylic acid groups (broad SMARTS) is 1. The van der Waals surface area contributed by atoms with E-state index in [1.165, 1.54) is 12.3 Å². The van der Waals surface area contributed by atoms with Crippen LogP contribution in [0.4, 0.5) is 0 Å². The summed E-state index contributed by atoms with van der Waals surface area (Å²) in [4.78, 5) is 14.6. The Morgan fingerprint density at radius 2 is 2.43 bits per heavy atom. The molecule has 1 aromatic rings. The fraction of sp³-hybridized carbons (Fsp3) is 0.250. The third kappa shape index (κ3) is 2.68. The zero-order chi connectivity index (χ0) is 10.6. The van der Waals surface area contributed by atoms with Gasteiger partial charge in [0.2, 0.25) is 5.88 Å². The first-order valence-electron chi connectivity index (χ1n) is 3.87. The maximum absolute atomic E-state index is 10.8. The minimum absolute atomic E-state index is 0.0211. The Hall–Kier alpha value is -1.14. The van der Waals surface area contributed by atoms with Crippen LogP contribution in [0.1, 0.15) is 10.4 Å². The van der Waals surface area contributed by atoms with Crippen LogP contribution in [0.2, 0.25) is 0 Å². The van der Waals surface area contributed by atoms with E-state index >= 15 is 0 Å². The summed E-state index contributed by atoms with van der Waals surface area (Å²) >= 11 is 3.13. The molecular weight excluding hydrogens is 252 g/mol. The first kappa shape index (κ1) is 10.9. The number of aromatic carboxylic acids is 1. The van der Waals surface area contributed by atoms with Crippen LogP contribution in [0, 0.1) is 0 Å². The highest BCUT2D eigenvalue weighted by Gasteiger charge is 2.12. The van der Waals surface area contributed by atoms with Crippen LogP contribution < -0.4 is 10.5 Å². The van der Waals surface area contributed by atoms with Crippen molar-refractivity contribution in [1.82, 2.24) is 4.98 Å². The van der Waals surface area contributed by atoms with E-state index in [-0.39, 0.29) is 18.1 Å². The van der Waals surface area contributed by atoms with Gasteiger partial charge in [-0.2, -0.15) is 0 Å². The molecule has 76 valence electrons. The first-order chi connectivity index (χ1) is 6.65. The van der Waals surface area contributed by atoms with Crippen LogP contribution in [0.5, 0.6) is 5.88 Å². The summed E-state index contributed by atoms with van der Waals surface area (Å²) in [6.45, 7) is 0.561. The number of pyridine rings is 1. The highest BCUT2D eigenvalue weighted by atomic mass is 79.9. The van der Waals surface area contributed by atoms with Gasteiger partial charge in [0.05, 0.1) is 0 Å². The molecule has 0 fully saturated rings. The minimum atomic E-state index is -1.08. The molecule has 0 bridgehead atoms. The summed E-state index contributed by atoms with van der Waals surface area (Å²) in [6.07, 6.45) is 1.47. The summed E-state index contributed by atoms with van der Waals surface area (Å²) in [7, 11) is 0. The van der Waals surface area contributed by atoms with E-state index < -0.39 is 5.97 Å². The maximum Gasteiger partial charge on any atom is 0.341 e. The quantitative estimate of drug-likeness (QED) is 0.840. The number of hydrogen-bond donors (Lipinski definition) is 2. The summed E-state index contributed by atoms with van der Waals surface area (Å²) in [5.74, 6) is -0.989. The predicted octanol–water partition coefficient (Wildman–Crippen LogP) is 0.880. The zero-order valence-corrected chi connectivity index (χ0v) is 8.82. The Morgan fingerprint density at radius 3 is 3.00 bits per heavy atom.